The lowest BCUT2D eigenvalue weighted by Gasteiger charge is -2.28. The van der Waals surface area contributed by atoms with Crippen LogP contribution in [0, 0.1) is 11.3 Å². The van der Waals surface area contributed by atoms with Crippen LogP contribution in [0.1, 0.15) is 43.7 Å². The monoisotopic (exact) mass is 334 g/mol. The van der Waals surface area contributed by atoms with Crippen LogP contribution in [0.25, 0.3) is 0 Å². The van der Waals surface area contributed by atoms with Crippen molar-refractivity contribution in [1.29, 1.82) is 0 Å². The maximum absolute atomic E-state index is 13.0. The Hall–Kier alpha value is -1.06. The third-order valence-electron chi connectivity index (χ3n) is 6.36. The number of amides is 1. The maximum Gasteiger partial charge on any atom is 0.226 e. The number of carbonyl (C=O) groups is 1. The summed E-state index contributed by atoms with van der Waals surface area (Å²) in [6, 6.07) is 8.77. The Bertz CT molecular complexity index is 619. The molecule has 1 aliphatic heterocycles. The topological polar surface area (TPSA) is 46.3 Å². The van der Waals surface area contributed by atoms with Crippen molar-refractivity contribution < 1.29 is 4.79 Å². The Morgan fingerprint density at radius 3 is 2.87 bits per heavy atom. The lowest BCUT2D eigenvalue weighted by molar-refractivity contribution is -0.132. The molecule has 1 saturated carbocycles. The normalized spacial score (nSPS) is 34.9. The van der Waals surface area contributed by atoms with Crippen LogP contribution in [-0.2, 0) is 16.6 Å². The molecule has 2 fully saturated rings. The number of fused-ring (bicyclic) bond motifs is 2. The van der Waals surface area contributed by atoms with Crippen LogP contribution in [0.4, 0.5) is 0 Å². The van der Waals surface area contributed by atoms with E-state index in [1.165, 1.54) is 30.4 Å². The second-order valence-corrected chi connectivity index (χ2v) is 7.95. The molecule has 0 radical (unpaired) electrons. The van der Waals surface area contributed by atoms with Gasteiger partial charge in [-0.2, -0.15) is 0 Å². The third-order valence-corrected chi connectivity index (χ3v) is 6.36. The number of aryl methyl sites for hydroxylation is 1. The number of hydrogen-bond acceptors (Lipinski definition) is 2. The lowest BCUT2D eigenvalue weighted by Crippen LogP contribution is -2.37. The molecule has 3 atom stereocenters. The van der Waals surface area contributed by atoms with Gasteiger partial charge in [0.05, 0.1) is 0 Å². The summed E-state index contributed by atoms with van der Waals surface area (Å²) in [6.45, 7) is 4.62. The van der Waals surface area contributed by atoms with E-state index < -0.39 is 0 Å². The summed E-state index contributed by atoms with van der Waals surface area (Å²) in [6.07, 6.45) is 5.68. The van der Waals surface area contributed by atoms with Crippen molar-refractivity contribution in [2.75, 3.05) is 19.6 Å². The largest absolute Gasteiger partial charge is 0.342 e. The molecule has 4 rings (SSSR count). The minimum Gasteiger partial charge on any atom is -0.342 e. The van der Waals surface area contributed by atoms with Gasteiger partial charge in [0.15, 0.2) is 0 Å². The number of likely N-dealkylation sites (tertiary alicyclic amines) is 1. The molecule has 1 heterocycles. The van der Waals surface area contributed by atoms with Crippen molar-refractivity contribution in [3.8, 4) is 0 Å². The van der Waals surface area contributed by atoms with Crippen LogP contribution in [0.5, 0.6) is 0 Å². The number of rotatable bonds is 2. The van der Waals surface area contributed by atoms with Gasteiger partial charge in [-0.15, -0.1) is 12.4 Å². The highest BCUT2D eigenvalue weighted by Crippen LogP contribution is 2.61. The zero-order chi connectivity index (χ0) is 15.4. The predicted octanol–water partition coefficient (Wildman–Crippen LogP) is 2.90. The van der Waals surface area contributed by atoms with Crippen molar-refractivity contribution >= 4 is 18.3 Å². The van der Waals surface area contributed by atoms with Gasteiger partial charge in [0.2, 0.25) is 5.91 Å². The van der Waals surface area contributed by atoms with Crippen molar-refractivity contribution in [1.82, 2.24) is 4.90 Å². The highest BCUT2D eigenvalue weighted by Gasteiger charge is 2.61. The first-order valence-corrected chi connectivity index (χ1v) is 8.65. The zero-order valence-electron chi connectivity index (χ0n) is 13.9. The first-order valence-electron chi connectivity index (χ1n) is 8.65. The van der Waals surface area contributed by atoms with Gasteiger partial charge in [-0.3, -0.25) is 4.79 Å². The molecular formula is C19H27ClN2O. The van der Waals surface area contributed by atoms with Gasteiger partial charge in [0.25, 0.3) is 0 Å². The van der Waals surface area contributed by atoms with Gasteiger partial charge < -0.3 is 10.6 Å². The van der Waals surface area contributed by atoms with Gasteiger partial charge in [0, 0.05) is 24.4 Å². The smallest absolute Gasteiger partial charge is 0.226 e. The van der Waals surface area contributed by atoms with Crippen LogP contribution in [0.2, 0.25) is 0 Å². The summed E-state index contributed by atoms with van der Waals surface area (Å²) < 4.78 is 0. The van der Waals surface area contributed by atoms with E-state index in [4.69, 9.17) is 5.73 Å². The number of hydrogen-bond donors (Lipinski definition) is 1. The maximum atomic E-state index is 13.0. The molecule has 1 aromatic rings. The molecule has 3 unspecified atom stereocenters. The van der Waals surface area contributed by atoms with Crippen LogP contribution in [-0.4, -0.2) is 30.4 Å². The molecule has 1 aromatic carbocycles. The first-order chi connectivity index (χ1) is 10.6. The average Bonchev–Trinajstić information content (AvgIpc) is 3.11. The Kier molecular flexibility index (Phi) is 4.22. The van der Waals surface area contributed by atoms with E-state index in [0.29, 0.717) is 12.5 Å². The van der Waals surface area contributed by atoms with E-state index in [-0.39, 0.29) is 29.2 Å². The van der Waals surface area contributed by atoms with E-state index >= 15 is 0 Å². The fraction of sp³-hybridized carbons (Fsp3) is 0.632. The SMILES string of the molecule is CC1(CN)CCN(C(=O)C2CC23CCCc2ccccc23)C1.Cl. The van der Waals surface area contributed by atoms with Gasteiger partial charge in [-0.25, -0.2) is 0 Å². The molecule has 3 nitrogen and oxygen atoms in total. The van der Waals surface area contributed by atoms with Crippen LogP contribution in [0.3, 0.4) is 0 Å². The third kappa shape index (κ3) is 2.58. The molecule has 2 aliphatic carbocycles. The fourth-order valence-corrected chi connectivity index (χ4v) is 4.75. The summed E-state index contributed by atoms with van der Waals surface area (Å²) >= 11 is 0. The van der Waals surface area contributed by atoms with E-state index in [0.717, 1.165) is 25.9 Å². The molecule has 1 amide bonds. The predicted molar refractivity (Wildman–Crippen MR) is 94.8 cm³/mol. The van der Waals surface area contributed by atoms with Crippen LogP contribution < -0.4 is 5.73 Å². The second kappa shape index (κ2) is 5.78. The molecule has 0 bridgehead atoms. The molecule has 23 heavy (non-hydrogen) atoms. The fourth-order valence-electron chi connectivity index (χ4n) is 4.75. The summed E-state index contributed by atoms with van der Waals surface area (Å²) in [4.78, 5) is 15.1. The summed E-state index contributed by atoms with van der Waals surface area (Å²) in [7, 11) is 0. The molecule has 2 N–H and O–H groups in total. The molecular weight excluding hydrogens is 308 g/mol. The number of nitrogens with zero attached hydrogens (tertiary/aromatic N) is 1. The van der Waals surface area contributed by atoms with Crippen molar-refractivity contribution in [2.45, 2.75) is 44.4 Å². The first kappa shape index (κ1) is 16.8. The minimum atomic E-state index is 0. The van der Waals surface area contributed by atoms with Gasteiger partial charge in [-0.05, 0) is 55.2 Å². The van der Waals surface area contributed by atoms with Gasteiger partial charge >= 0.3 is 0 Å². The quantitative estimate of drug-likeness (QED) is 0.904. The lowest BCUT2D eigenvalue weighted by atomic mass is 9.78. The van der Waals surface area contributed by atoms with Crippen LogP contribution >= 0.6 is 12.4 Å². The van der Waals surface area contributed by atoms with E-state index in [1.54, 1.807) is 0 Å². The highest BCUT2D eigenvalue weighted by molar-refractivity contribution is 5.85. The molecule has 126 valence electrons. The number of benzene rings is 1. The Balaban J connectivity index is 0.00000156. The minimum absolute atomic E-state index is 0. The number of halogens is 1. The highest BCUT2D eigenvalue weighted by atomic mass is 35.5. The van der Waals surface area contributed by atoms with Crippen molar-refractivity contribution in [3.05, 3.63) is 35.4 Å². The Morgan fingerprint density at radius 2 is 2.13 bits per heavy atom. The molecule has 3 aliphatic rings. The van der Waals surface area contributed by atoms with E-state index in [1.807, 2.05) is 0 Å². The molecule has 1 spiro atoms. The van der Waals surface area contributed by atoms with Crippen molar-refractivity contribution in [3.63, 3.8) is 0 Å². The summed E-state index contributed by atoms with van der Waals surface area (Å²) in [5, 5.41) is 0. The van der Waals surface area contributed by atoms with Crippen LogP contribution in [0.15, 0.2) is 24.3 Å². The Labute approximate surface area is 145 Å². The summed E-state index contributed by atoms with van der Waals surface area (Å²) in [5.41, 5.74) is 9.10. The molecule has 1 saturated heterocycles. The van der Waals surface area contributed by atoms with E-state index in [2.05, 4.69) is 36.1 Å². The molecule has 4 heteroatoms. The number of carbonyl (C=O) groups excluding carboxylic acids is 1. The standard InChI is InChI=1S/C19H26N2O.ClH/c1-18(12-20)9-10-21(13-18)17(22)16-11-19(16)8-4-6-14-5-2-3-7-15(14)19;/h2-3,5,7,16H,4,6,8-13,20H2,1H3;1H. The zero-order valence-corrected chi connectivity index (χ0v) is 14.7. The average molecular weight is 335 g/mol. The molecule has 0 aromatic heterocycles. The van der Waals surface area contributed by atoms with Gasteiger partial charge in [-0.1, -0.05) is 31.2 Å². The van der Waals surface area contributed by atoms with E-state index in [9.17, 15) is 4.79 Å². The Morgan fingerprint density at radius 1 is 1.35 bits per heavy atom. The van der Waals surface area contributed by atoms with Gasteiger partial charge in [0.1, 0.15) is 0 Å². The summed E-state index contributed by atoms with van der Waals surface area (Å²) in [5.74, 6) is 0.600. The second-order valence-electron chi connectivity index (χ2n) is 7.95. The van der Waals surface area contributed by atoms with Crippen molar-refractivity contribution in [2.24, 2.45) is 17.1 Å². The number of nitrogens with two attached hydrogens (primary N) is 1.